The van der Waals surface area contributed by atoms with Gasteiger partial charge in [-0.25, -0.2) is 0 Å². The lowest BCUT2D eigenvalue weighted by molar-refractivity contribution is -0.338. The van der Waals surface area contributed by atoms with Crippen LogP contribution in [-0.4, -0.2) is 41.9 Å². The number of aliphatic hydroxyl groups is 1. The first-order valence-corrected chi connectivity index (χ1v) is 12.5. The SMILES string of the molecule is C=C[C@@H](C)CC[C@@H]1O[C@@]2(CC[C@H]1C)CC[C@H](C)[C@H]([C@H](C)CC[C@H](O)[C@H](C)C1CO1)O2. The Kier molecular flexibility index (Phi) is 8.45. The lowest BCUT2D eigenvalue weighted by Crippen LogP contribution is -2.53. The van der Waals surface area contributed by atoms with E-state index in [1.807, 2.05) is 6.08 Å². The minimum Gasteiger partial charge on any atom is -0.393 e. The number of aliphatic hydroxyl groups excluding tert-OH is 1. The molecule has 1 N–H and O–H groups in total. The van der Waals surface area contributed by atoms with Gasteiger partial charge in [-0.2, -0.15) is 0 Å². The summed E-state index contributed by atoms with van der Waals surface area (Å²) in [7, 11) is 0. The van der Waals surface area contributed by atoms with Crippen molar-refractivity contribution >= 4 is 0 Å². The van der Waals surface area contributed by atoms with E-state index in [9.17, 15) is 5.11 Å². The van der Waals surface area contributed by atoms with Gasteiger partial charge in [0, 0.05) is 18.8 Å². The van der Waals surface area contributed by atoms with Crippen LogP contribution in [0.15, 0.2) is 12.7 Å². The van der Waals surface area contributed by atoms with Crippen molar-refractivity contribution in [1.82, 2.24) is 0 Å². The van der Waals surface area contributed by atoms with Crippen LogP contribution in [-0.2, 0) is 14.2 Å². The Hall–Kier alpha value is -0.420. The minimum atomic E-state index is -0.395. The smallest absolute Gasteiger partial charge is 0.169 e. The first-order valence-electron chi connectivity index (χ1n) is 12.5. The zero-order chi connectivity index (χ0) is 21.9. The fraction of sp³-hybridized carbons (Fsp3) is 0.923. The molecule has 4 heteroatoms. The van der Waals surface area contributed by atoms with Crippen molar-refractivity contribution < 1.29 is 19.3 Å². The molecule has 174 valence electrons. The molecule has 0 radical (unpaired) electrons. The molecule has 3 aliphatic rings. The van der Waals surface area contributed by atoms with Crippen LogP contribution in [0.25, 0.3) is 0 Å². The second kappa shape index (κ2) is 10.5. The van der Waals surface area contributed by atoms with Crippen molar-refractivity contribution in [3.8, 4) is 0 Å². The average Bonchev–Trinajstić information content (AvgIpc) is 3.59. The third-order valence-corrected chi connectivity index (χ3v) is 8.21. The van der Waals surface area contributed by atoms with Crippen LogP contribution in [0.2, 0.25) is 0 Å². The number of ether oxygens (including phenoxy) is 3. The van der Waals surface area contributed by atoms with Gasteiger partial charge in [0.05, 0.1) is 31.0 Å². The molecule has 1 spiro atoms. The zero-order valence-corrected chi connectivity index (χ0v) is 20.0. The van der Waals surface area contributed by atoms with Gasteiger partial charge in [-0.3, -0.25) is 0 Å². The van der Waals surface area contributed by atoms with Crippen LogP contribution in [0, 0.1) is 29.6 Å². The molecule has 0 amide bonds. The van der Waals surface area contributed by atoms with E-state index < -0.39 is 5.79 Å². The molecule has 0 aliphatic carbocycles. The quantitative estimate of drug-likeness (QED) is 0.361. The second-order valence-corrected chi connectivity index (χ2v) is 10.8. The second-order valence-electron chi connectivity index (χ2n) is 10.8. The summed E-state index contributed by atoms with van der Waals surface area (Å²) >= 11 is 0. The van der Waals surface area contributed by atoms with Crippen molar-refractivity contribution in [3.63, 3.8) is 0 Å². The maximum Gasteiger partial charge on any atom is 0.169 e. The number of hydrogen-bond acceptors (Lipinski definition) is 4. The molecule has 10 atom stereocenters. The first-order chi connectivity index (χ1) is 14.2. The molecule has 3 saturated heterocycles. The van der Waals surface area contributed by atoms with Gasteiger partial charge in [0.1, 0.15) is 0 Å². The largest absolute Gasteiger partial charge is 0.393 e. The lowest BCUT2D eigenvalue weighted by atomic mass is 9.79. The third-order valence-electron chi connectivity index (χ3n) is 8.21. The van der Waals surface area contributed by atoms with E-state index >= 15 is 0 Å². The highest BCUT2D eigenvalue weighted by molar-refractivity contribution is 4.91. The van der Waals surface area contributed by atoms with Gasteiger partial charge in [-0.05, 0) is 62.2 Å². The van der Waals surface area contributed by atoms with Gasteiger partial charge in [0.25, 0.3) is 0 Å². The Morgan fingerprint density at radius 3 is 2.33 bits per heavy atom. The van der Waals surface area contributed by atoms with E-state index in [0.717, 1.165) is 51.6 Å². The Bertz CT molecular complexity index is 543. The predicted molar refractivity (Wildman–Crippen MR) is 121 cm³/mol. The Balaban J connectivity index is 1.55. The molecule has 3 aliphatic heterocycles. The highest BCUT2D eigenvalue weighted by Crippen LogP contribution is 2.45. The summed E-state index contributed by atoms with van der Waals surface area (Å²) in [5.41, 5.74) is 0. The van der Waals surface area contributed by atoms with E-state index in [-0.39, 0.29) is 30.3 Å². The summed E-state index contributed by atoms with van der Waals surface area (Å²) < 4.78 is 18.9. The topological polar surface area (TPSA) is 51.2 Å². The van der Waals surface area contributed by atoms with Crippen LogP contribution in [0.4, 0.5) is 0 Å². The van der Waals surface area contributed by atoms with Gasteiger partial charge < -0.3 is 19.3 Å². The van der Waals surface area contributed by atoms with Gasteiger partial charge >= 0.3 is 0 Å². The van der Waals surface area contributed by atoms with E-state index in [1.54, 1.807) is 0 Å². The van der Waals surface area contributed by atoms with Gasteiger partial charge in [0.2, 0.25) is 0 Å². The Labute approximate surface area is 184 Å². The lowest BCUT2D eigenvalue weighted by Gasteiger charge is -2.51. The molecule has 0 aromatic heterocycles. The molecular weight excluding hydrogens is 376 g/mol. The maximum atomic E-state index is 10.5. The molecule has 30 heavy (non-hydrogen) atoms. The Morgan fingerprint density at radius 1 is 1.03 bits per heavy atom. The molecule has 0 aromatic carbocycles. The zero-order valence-electron chi connectivity index (χ0n) is 20.0. The molecule has 3 rings (SSSR count). The van der Waals surface area contributed by atoms with E-state index in [4.69, 9.17) is 14.2 Å². The van der Waals surface area contributed by atoms with Gasteiger partial charge in [0.15, 0.2) is 5.79 Å². The number of epoxide rings is 1. The standard InChI is InChI=1S/C26H46O4/c1-7-17(2)8-11-23-18(3)12-14-26(29-23)15-13-20(5)25(30-26)19(4)9-10-22(27)21(6)24-16-28-24/h7,17-25,27H,1,8-16H2,2-6H3/t17-,18-,19-,20+,21+,22+,23+,24?,25+,26-/m1/s1. The van der Waals surface area contributed by atoms with E-state index in [1.165, 1.54) is 6.42 Å². The van der Waals surface area contributed by atoms with Gasteiger partial charge in [-0.1, -0.05) is 40.7 Å². The van der Waals surface area contributed by atoms with Crippen molar-refractivity contribution in [2.45, 2.75) is 116 Å². The van der Waals surface area contributed by atoms with Crippen LogP contribution in [0.1, 0.15) is 86.0 Å². The van der Waals surface area contributed by atoms with Crippen LogP contribution < -0.4 is 0 Å². The summed E-state index contributed by atoms with van der Waals surface area (Å²) in [5.74, 6) is 1.92. The minimum absolute atomic E-state index is 0.208. The monoisotopic (exact) mass is 422 g/mol. The molecule has 0 bridgehead atoms. The fourth-order valence-corrected chi connectivity index (χ4v) is 5.42. The number of rotatable bonds is 10. The van der Waals surface area contributed by atoms with Crippen molar-refractivity contribution in [2.24, 2.45) is 29.6 Å². The molecule has 1 unspecified atom stereocenters. The normalized spacial score (nSPS) is 40.5. The van der Waals surface area contributed by atoms with E-state index in [2.05, 4.69) is 41.2 Å². The summed E-state index contributed by atoms with van der Waals surface area (Å²) in [4.78, 5) is 0. The third kappa shape index (κ3) is 6.09. The van der Waals surface area contributed by atoms with Crippen molar-refractivity contribution in [2.75, 3.05) is 6.61 Å². The molecule has 4 nitrogen and oxygen atoms in total. The van der Waals surface area contributed by atoms with Crippen LogP contribution in [0.5, 0.6) is 0 Å². The van der Waals surface area contributed by atoms with Crippen molar-refractivity contribution in [3.05, 3.63) is 12.7 Å². The molecule has 3 heterocycles. The fourth-order valence-electron chi connectivity index (χ4n) is 5.42. The Morgan fingerprint density at radius 2 is 1.70 bits per heavy atom. The first kappa shape index (κ1) is 24.2. The summed E-state index contributed by atoms with van der Waals surface area (Å²) in [6, 6.07) is 0. The molecule has 0 saturated carbocycles. The molecule has 3 fully saturated rings. The summed E-state index contributed by atoms with van der Waals surface area (Å²) in [6.45, 7) is 16.0. The molecular formula is C26H46O4. The van der Waals surface area contributed by atoms with Crippen LogP contribution in [0.3, 0.4) is 0 Å². The maximum absolute atomic E-state index is 10.5. The summed E-state index contributed by atoms with van der Waals surface area (Å²) in [5, 5.41) is 10.5. The summed E-state index contributed by atoms with van der Waals surface area (Å²) in [6.07, 6.45) is 10.9. The predicted octanol–water partition coefficient (Wildman–Crippen LogP) is 5.73. The van der Waals surface area contributed by atoms with Gasteiger partial charge in [-0.15, -0.1) is 6.58 Å². The van der Waals surface area contributed by atoms with E-state index in [0.29, 0.717) is 23.7 Å². The van der Waals surface area contributed by atoms with Crippen molar-refractivity contribution in [1.29, 1.82) is 0 Å². The number of allylic oxidation sites excluding steroid dienone is 1. The average molecular weight is 423 g/mol. The number of hydrogen-bond donors (Lipinski definition) is 1. The van der Waals surface area contributed by atoms with Crippen LogP contribution >= 0.6 is 0 Å². The highest BCUT2D eigenvalue weighted by Gasteiger charge is 2.47. The molecule has 0 aromatic rings. The highest BCUT2D eigenvalue weighted by atomic mass is 16.7.